The number of pyridine rings is 1. The summed E-state index contributed by atoms with van der Waals surface area (Å²) in [7, 11) is 0. The number of fused-ring (bicyclic) bond motifs is 1. The second-order valence-corrected chi connectivity index (χ2v) is 5.45. The Morgan fingerprint density at radius 2 is 2.26 bits per heavy atom. The Balaban J connectivity index is 2.01. The zero-order valence-corrected chi connectivity index (χ0v) is 11.4. The monoisotopic (exact) mass is 257 g/mol. The van der Waals surface area contributed by atoms with Gasteiger partial charge in [0.2, 0.25) is 5.91 Å². The van der Waals surface area contributed by atoms with Gasteiger partial charge in [0.15, 0.2) is 0 Å². The van der Waals surface area contributed by atoms with E-state index in [1.807, 2.05) is 43.3 Å². The van der Waals surface area contributed by atoms with E-state index in [-0.39, 0.29) is 17.9 Å². The molecule has 100 valence electrons. The molecule has 0 aliphatic carbocycles. The first-order chi connectivity index (χ1) is 9.18. The number of aromatic nitrogens is 2. The van der Waals surface area contributed by atoms with Crippen molar-refractivity contribution in [3.8, 4) is 0 Å². The van der Waals surface area contributed by atoms with Crippen LogP contribution in [0.25, 0.3) is 5.65 Å². The van der Waals surface area contributed by atoms with Gasteiger partial charge in [-0.2, -0.15) is 0 Å². The van der Waals surface area contributed by atoms with E-state index in [0.717, 1.165) is 25.0 Å². The van der Waals surface area contributed by atoms with Crippen molar-refractivity contribution in [2.45, 2.75) is 32.7 Å². The van der Waals surface area contributed by atoms with Crippen molar-refractivity contribution < 1.29 is 4.79 Å². The van der Waals surface area contributed by atoms with Crippen LogP contribution in [0.1, 0.15) is 38.4 Å². The van der Waals surface area contributed by atoms with Crippen LogP contribution in [0.4, 0.5) is 0 Å². The summed E-state index contributed by atoms with van der Waals surface area (Å²) in [6, 6.07) is 6.31. The maximum atomic E-state index is 12.3. The van der Waals surface area contributed by atoms with Crippen LogP contribution >= 0.6 is 0 Å². The van der Waals surface area contributed by atoms with Crippen molar-refractivity contribution in [1.82, 2.24) is 14.3 Å². The molecular formula is C15H19N3O. The summed E-state index contributed by atoms with van der Waals surface area (Å²) in [5.74, 6) is 0.308. The Kier molecular flexibility index (Phi) is 3.01. The van der Waals surface area contributed by atoms with Gasteiger partial charge in [0.1, 0.15) is 5.65 Å². The molecule has 4 nitrogen and oxygen atoms in total. The molecular weight excluding hydrogens is 238 g/mol. The van der Waals surface area contributed by atoms with E-state index >= 15 is 0 Å². The summed E-state index contributed by atoms with van der Waals surface area (Å²) in [6.45, 7) is 4.80. The predicted octanol–water partition coefficient (Wildman–Crippen LogP) is 2.65. The smallest absolute Gasteiger partial charge is 0.225 e. The van der Waals surface area contributed by atoms with Crippen molar-refractivity contribution in [2.24, 2.45) is 5.92 Å². The van der Waals surface area contributed by atoms with Gasteiger partial charge in [-0.15, -0.1) is 0 Å². The largest absolute Gasteiger partial charge is 0.334 e. The molecule has 0 bridgehead atoms. The summed E-state index contributed by atoms with van der Waals surface area (Å²) in [6.07, 6.45) is 5.90. The Morgan fingerprint density at radius 3 is 3.05 bits per heavy atom. The maximum Gasteiger partial charge on any atom is 0.225 e. The summed E-state index contributed by atoms with van der Waals surface area (Å²) < 4.78 is 2.09. The topological polar surface area (TPSA) is 37.6 Å². The van der Waals surface area contributed by atoms with Crippen molar-refractivity contribution in [2.75, 3.05) is 6.54 Å². The van der Waals surface area contributed by atoms with Gasteiger partial charge in [-0.05, 0) is 25.0 Å². The fraction of sp³-hybridized carbons (Fsp3) is 0.467. The molecule has 1 amide bonds. The van der Waals surface area contributed by atoms with Crippen LogP contribution in [0, 0.1) is 5.92 Å². The zero-order valence-electron chi connectivity index (χ0n) is 11.4. The van der Waals surface area contributed by atoms with Crippen molar-refractivity contribution in [3.63, 3.8) is 0 Å². The minimum atomic E-state index is 0.0580. The molecule has 0 aromatic carbocycles. The number of rotatable bonds is 2. The van der Waals surface area contributed by atoms with Crippen LogP contribution in [0.2, 0.25) is 0 Å². The molecule has 1 fully saturated rings. The fourth-order valence-corrected chi connectivity index (χ4v) is 2.91. The first-order valence-corrected chi connectivity index (χ1v) is 6.91. The van der Waals surface area contributed by atoms with E-state index < -0.39 is 0 Å². The van der Waals surface area contributed by atoms with Gasteiger partial charge in [-0.25, -0.2) is 4.98 Å². The third-order valence-corrected chi connectivity index (χ3v) is 3.83. The maximum absolute atomic E-state index is 12.3. The number of carbonyl (C=O) groups excluding carboxylic acids is 1. The molecule has 4 heteroatoms. The quantitative estimate of drug-likeness (QED) is 0.829. The Hall–Kier alpha value is -1.84. The van der Waals surface area contributed by atoms with Crippen LogP contribution in [-0.4, -0.2) is 26.7 Å². The summed E-state index contributed by atoms with van der Waals surface area (Å²) >= 11 is 0. The molecule has 19 heavy (non-hydrogen) atoms. The fourth-order valence-electron chi connectivity index (χ4n) is 2.91. The first-order valence-electron chi connectivity index (χ1n) is 6.91. The predicted molar refractivity (Wildman–Crippen MR) is 73.7 cm³/mol. The molecule has 1 atom stereocenters. The molecule has 1 saturated heterocycles. The zero-order chi connectivity index (χ0) is 13.4. The minimum absolute atomic E-state index is 0.0580. The lowest BCUT2D eigenvalue weighted by Crippen LogP contribution is -2.34. The Bertz CT molecular complexity index is 602. The number of likely N-dealkylation sites (tertiary alicyclic amines) is 1. The van der Waals surface area contributed by atoms with Crippen molar-refractivity contribution in [3.05, 3.63) is 36.3 Å². The Labute approximate surface area is 113 Å². The summed E-state index contributed by atoms with van der Waals surface area (Å²) in [5.41, 5.74) is 2.11. The van der Waals surface area contributed by atoms with Crippen LogP contribution in [-0.2, 0) is 4.79 Å². The normalized spacial score (nSPS) is 19.5. The van der Waals surface area contributed by atoms with Gasteiger partial charge in [0.25, 0.3) is 0 Å². The van der Waals surface area contributed by atoms with E-state index in [0.29, 0.717) is 0 Å². The number of hydrogen-bond acceptors (Lipinski definition) is 2. The van der Waals surface area contributed by atoms with Gasteiger partial charge in [-0.1, -0.05) is 19.9 Å². The van der Waals surface area contributed by atoms with Gasteiger partial charge < -0.3 is 9.30 Å². The molecule has 0 unspecified atom stereocenters. The number of carbonyl (C=O) groups is 1. The lowest BCUT2D eigenvalue weighted by Gasteiger charge is -2.27. The molecule has 1 aliphatic heterocycles. The highest BCUT2D eigenvalue weighted by Gasteiger charge is 2.32. The van der Waals surface area contributed by atoms with Crippen molar-refractivity contribution in [1.29, 1.82) is 0 Å². The number of nitrogens with zero attached hydrogens (tertiary/aromatic N) is 3. The van der Waals surface area contributed by atoms with Crippen LogP contribution in [0.5, 0.6) is 0 Å². The second kappa shape index (κ2) is 4.68. The third kappa shape index (κ3) is 2.01. The highest BCUT2D eigenvalue weighted by Crippen LogP contribution is 2.33. The van der Waals surface area contributed by atoms with Gasteiger partial charge in [-0.3, -0.25) is 4.79 Å². The van der Waals surface area contributed by atoms with Crippen LogP contribution < -0.4 is 0 Å². The Morgan fingerprint density at radius 1 is 1.42 bits per heavy atom. The van der Waals surface area contributed by atoms with E-state index in [9.17, 15) is 4.79 Å². The standard InChI is InChI=1S/C15H19N3O/c1-11(2)15(19)18-9-4-6-13(18)12-5-3-7-14-16-8-10-17(12)14/h3,5,7-8,10-11,13H,4,6,9H2,1-2H3/t13-/m0/s1. The molecule has 1 aliphatic rings. The van der Waals surface area contributed by atoms with Gasteiger partial charge in [0, 0.05) is 30.6 Å². The minimum Gasteiger partial charge on any atom is -0.334 e. The number of imidazole rings is 1. The summed E-state index contributed by atoms with van der Waals surface area (Å²) in [4.78, 5) is 18.6. The third-order valence-electron chi connectivity index (χ3n) is 3.83. The highest BCUT2D eigenvalue weighted by atomic mass is 16.2. The molecule has 0 spiro atoms. The molecule has 3 heterocycles. The first kappa shape index (κ1) is 12.2. The molecule has 2 aromatic heterocycles. The number of hydrogen-bond donors (Lipinski definition) is 0. The lowest BCUT2D eigenvalue weighted by atomic mass is 10.1. The van der Waals surface area contributed by atoms with E-state index in [1.54, 1.807) is 0 Å². The van der Waals surface area contributed by atoms with Crippen LogP contribution in [0.15, 0.2) is 30.6 Å². The average molecular weight is 257 g/mol. The van der Waals surface area contributed by atoms with E-state index in [2.05, 4.69) is 15.5 Å². The lowest BCUT2D eigenvalue weighted by molar-refractivity contribution is -0.135. The summed E-state index contributed by atoms with van der Waals surface area (Å²) in [5, 5.41) is 0. The molecule has 0 saturated carbocycles. The SMILES string of the molecule is CC(C)C(=O)N1CCC[C@H]1c1cccc2nccn12. The molecule has 2 aromatic rings. The van der Waals surface area contributed by atoms with E-state index in [1.165, 1.54) is 5.69 Å². The van der Waals surface area contributed by atoms with Crippen molar-refractivity contribution >= 4 is 11.6 Å². The molecule has 3 rings (SSSR count). The highest BCUT2D eigenvalue weighted by molar-refractivity contribution is 5.78. The van der Waals surface area contributed by atoms with Gasteiger partial charge in [0.05, 0.1) is 6.04 Å². The van der Waals surface area contributed by atoms with E-state index in [4.69, 9.17) is 0 Å². The average Bonchev–Trinajstić information content (AvgIpc) is 3.05. The molecule has 0 N–H and O–H groups in total. The molecule has 0 radical (unpaired) electrons. The van der Waals surface area contributed by atoms with Gasteiger partial charge >= 0.3 is 0 Å². The van der Waals surface area contributed by atoms with Crippen LogP contribution in [0.3, 0.4) is 0 Å². The second-order valence-electron chi connectivity index (χ2n) is 5.45. The number of amides is 1.